The first-order chi connectivity index (χ1) is 9.34. The Morgan fingerprint density at radius 1 is 1.16 bits per heavy atom. The van der Waals surface area contributed by atoms with Crippen LogP contribution in [-0.2, 0) is 6.42 Å². The van der Waals surface area contributed by atoms with Crippen LogP contribution in [0.5, 0.6) is 5.75 Å². The van der Waals surface area contributed by atoms with Crippen molar-refractivity contribution in [3.8, 4) is 5.75 Å². The van der Waals surface area contributed by atoms with Gasteiger partial charge in [0.05, 0.1) is 6.61 Å². The van der Waals surface area contributed by atoms with E-state index in [4.69, 9.17) is 10.5 Å². The van der Waals surface area contributed by atoms with E-state index >= 15 is 0 Å². The molecule has 0 atom stereocenters. The maximum Gasteiger partial charge on any atom is 0.127 e. The zero-order valence-corrected chi connectivity index (χ0v) is 11.2. The lowest BCUT2D eigenvalue weighted by atomic mass is 10.1. The lowest BCUT2D eigenvalue weighted by Gasteiger charge is -2.10. The third-order valence-electron chi connectivity index (χ3n) is 3.00. The van der Waals surface area contributed by atoms with Crippen LogP contribution in [0.1, 0.15) is 4.88 Å². The van der Waals surface area contributed by atoms with E-state index in [0.717, 1.165) is 28.6 Å². The largest absolute Gasteiger partial charge is 0.493 e. The van der Waals surface area contributed by atoms with Gasteiger partial charge in [0, 0.05) is 40.2 Å². The van der Waals surface area contributed by atoms with Gasteiger partial charge < -0.3 is 10.5 Å². The Kier molecular flexibility index (Phi) is 3.33. The monoisotopic (exact) mass is 270 g/mol. The molecule has 4 heteroatoms. The Morgan fingerprint density at radius 3 is 2.95 bits per heavy atom. The van der Waals surface area contributed by atoms with Crippen molar-refractivity contribution in [2.75, 3.05) is 12.3 Å². The highest BCUT2D eigenvalue weighted by Gasteiger charge is 2.05. The summed E-state index contributed by atoms with van der Waals surface area (Å²) in [4.78, 5) is 5.44. The first-order valence-corrected chi connectivity index (χ1v) is 7.00. The minimum Gasteiger partial charge on any atom is -0.493 e. The molecule has 0 unspecified atom stereocenters. The third-order valence-corrected chi connectivity index (χ3v) is 3.93. The Balaban J connectivity index is 1.79. The summed E-state index contributed by atoms with van der Waals surface area (Å²) in [6.07, 6.45) is 4.46. The topological polar surface area (TPSA) is 48.1 Å². The van der Waals surface area contributed by atoms with E-state index in [1.165, 1.54) is 4.88 Å². The molecule has 2 aromatic heterocycles. The van der Waals surface area contributed by atoms with Gasteiger partial charge in [0.25, 0.3) is 0 Å². The Morgan fingerprint density at radius 2 is 2.11 bits per heavy atom. The van der Waals surface area contributed by atoms with Crippen molar-refractivity contribution in [3.05, 3.63) is 53.0 Å². The summed E-state index contributed by atoms with van der Waals surface area (Å²) < 4.78 is 5.87. The second-order valence-corrected chi connectivity index (χ2v) is 5.28. The summed E-state index contributed by atoms with van der Waals surface area (Å²) in [5, 5.41) is 4.04. The zero-order valence-electron chi connectivity index (χ0n) is 10.4. The molecular weight excluding hydrogens is 256 g/mol. The predicted molar refractivity (Wildman–Crippen MR) is 79.7 cm³/mol. The molecule has 2 heterocycles. The number of rotatable bonds is 4. The number of hydrogen-bond donors (Lipinski definition) is 1. The first kappa shape index (κ1) is 12.0. The molecule has 0 aliphatic carbocycles. The second kappa shape index (κ2) is 5.28. The lowest BCUT2D eigenvalue weighted by molar-refractivity contribution is 0.327. The molecular formula is C15H14N2OS. The van der Waals surface area contributed by atoms with Crippen molar-refractivity contribution in [1.29, 1.82) is 0 Å². The van der Waals surface area contributed by atoms with Crippen LogP contribution in [0.2, 0.25) is 0 Å². The summed E-state index contributed by atoms with van der Waals surface area (Å²) in [5.41, 5.74) is 6.67. The normalized spacial score (nSPS) is 10.7. The number of anilines is 1. The summed E-state index contributed by atoms with van der Waals surface area (Å²) in [5.74, 6) is 0.864. The molecule has 0 radical (unpaired) electrons. The van der Waals surface area contributed by atoms with Gasteiger partial charge >= 0.3 is 0 Å². The van der Waals surface area contributed by atoms with Gasteiger partial charge in [-0.15, -0.1) is 11.3 Å². The molecule has 1 aromatic carbocycles. The molecule has 0 amide bonds. The highest BCUT2D eigenvalue weighted by atomic mass is 32.1. The number of pyridine rings is 1. The van der Waals surface area contributed by atoms with Crippen LogP contribution >= 0.6 is 11.3 Å². The molecule has 0 fully saturated rings. The van der Waals surface area contributed by atoms with E-state index in [-0.39, 0.29) is 0 Å². The molecule has 3 rings (SSSR count). The second-order valence-electron chi connectivity index (χ2n) is 4.25. The van der Waals surface area contributed by atoms with E-state index < -0.39 is 0 Å². The zero-order chi connectivity index (χ0) is 13.1. The minimum atomic E-state index is 0.669. The molecule has 0 saturated heterocycles. The number of fused-ring (bicyclic) bond motifs is 1. The fourth-order valence-corrected chi connectivity index (χ4v) is 2.72. The van der Waals surface area contributed by atoms with Crippen molar-refractivity contribution in [3.63, 3.8) is 0 Å². The maximum absolute atomic E-state index is 5.94. The molecule has 0 aliphatic rings. The van der Waals surface area contributed by atoms with Gasteiger partial charge in [-0.05, 0) is 29.6 Å². The van der Waals surface area contributed by atoms with Crippen molar-refractivity contribution in [1.82, 2.24) is 4.98 Å². The van der Waals surface area contributed by atoms with E-state index in [1.807, 2.05) is 18.2 Å². The smallest absolute Gasteiger partial charge is 0.127 e. The minimum absolute atomic E-state index is 0.669. The number of hydrogen-bond acceptors (Lipinski definition) is 4. The van der Waals surface area contributed by atoms with Gasteiger partial charge in [0.15, 0.2) is 0 Å². The number of nitrogen functional groups attached to an aromatic ring is 1. The van der Waals surface area contributed by atoms with E-state index in [9.17, 15) is 0 Å². The van der Waals surface area contributed by atoms with Crippen molar-refractivity contribution < 1.29 is 4.74 Å². The molecule has 3 aromatic rings. The molecule has 96 valence electrons. The van der Waals surface area contributed by atoms with Crippen LogP contribution in [0.4, 0.5) is 5.69 Å². The maximum atomic E-state index is 5.94. The first-order valence-electron chi connectivity index (χ1n) is 6.12. The van der Waals surface area contributed by atoms with Crippen molar-refractivity contribution in [2.45, 2.75) is 6.42 Å². The summed E-state index contributed by atoms with van der Waals surface area (Å²) >= 11 is 1.75. The quantitative estimate of drug-likeness (QED) is 0.738. The Labute approximate surface area is 115 Å². The van der Waals surface area contributed by atoms with Crippen LogP contribution < -0.4 is 10.5 Å². The van der Waals surface area contributed by atoms with Gasteiger partial charge in [0.2, 0.25) is 0 Å². The number of benzene rings is 1. The van der Waals surface area contributed by atoms with Gasteiger partial charge in [-0.3, -0.25) is 4.98 Å². The van der Waals surface area contributed by atoms with Crippen LogP contribution in [0.15, 0.2) is 48.1 Å². The number of thiophene rings is 1. The molecule has 2 N–H and O–H groups in total. The SMILES string of the molecule is Nc1ccc(OCCc2cccs2)c2ccncc12. The number of aromatic nitrogens is 1. The predicted octanol–water partition coefficient (Wildman–Crippen LogP) is 3.50. The molecule has 3 nitrogen and oxygen atoms in total. The lowest BCUT2D eigenvalue weighted by Crippen LogP contribution is -2.01. The average Bonchev–Trinajstić information content (AvgIpc) is 2.95. The Bertz CT molecular complexity index is 680. The van der Waals surface area contributed by atoms with Crippen LogP contribution in [0.3, 0.4) is 0 Å². The van der Waals surface area contributed by atoms with E-state index in [0.29, 0.717) is 6.61 Å². The molecule has 0 spiro atoms. The number of ether oxygens (including phenoxy) is 1. The molecule has 19 heavy (non-hydrogen) atoms. The van der Waals surface area contributed by atoms with Crippen molar-refractivity contribution in [2.24, 2.45) is 0 Å². The van der Waals surface area contributed by atoms with Gasteiger partial charge in [-0.2, -0.15) is 0 Å². The van der Waals surface area contributed by atoms with E-state index in [1.54, 1.807) is 23.7 Å². The van der Waals surface area contributed by atoms with Gasteiger partial charge in [0.1, 0.15) is 5.75 Å². The van der Waals surface area contributed by atoms with E-state index in [2.05, 4.69) is 22.5 Å². The summed E-state index contributed by atoms with van der Waals surface area (Å²) in [7, 11) is 0. The highest BCUT2D eigenvalue weighted by Crippen LogP contribution is 2.29. The molecule has 0 saturated carbocycles. The third kappa shape index (κ3) is 2.53. The standard InChI is InChI=1S/C15H14N2OS/c16-14-3-4-15(12-5-7-17-10-13(12)14)18-8-6-11-2-1-9-19-11/h1-5,7,9-10H,6,8,16H2. The summed E-state index contributed by atoms with van der Waals surface area (Å²) in [6, 6.07) is 9.91. The number of nitrogens with zero attached hydrogens (tertiary/aromatic N) is 1. The fraction of sp³-hybridized carbons (Fsp3) is 0.133. The average molecular weight is 270 g/mol. The van der Waals surface area contributed by atoms with Crippen molar-refractivity contribution >= 4 is 27.8 Å². The van der Waals surface area contributed by atoms with Gasteiger partial charge in [-0.25, -0.2) is 0 Å². The van der Waals surface area contributed by atoms with Gasteiger partial charge in [-0.1, -0.05) is 6.07 Å². The summed E-state index contributed by atoms with van der Waals surface area (Å²) in [6.45, 7) is 0.669. The Hall–Kier alpha value is -2.07. The van der Waals surface area contributed by atoms with Crippen LogP contribution in [0, 0.1) is 0 Å². The highest BCUT2D eigenvalue weighted by molar-refractivity contribution is 7.09. The molecule has 0 bridgehead atoms. The number of nitrogens with two attached hydrogens (primary N) is 1. The van der Waals surface area contributed by atoms with Crippen LogP contribution in [0.25, 0.3) is 10.8 Å². The van der Waals surface area contributed by atoms with Crippen LogP contribution in [-0.4, -0.2) is 11.6 Å². The fourth-order valence-electron chi connectivity index (χ4n) is 2.03. The molecule has 0 aliphatic heterocycles.